The predicted molar refractivity (Wildman–Crippen MR) is 53.2 cm³/mol. The molecule has 0 amide bonds. The molecule has 0 saturated carbocycles. The van der Waals surface area contributed by atoms with Gasteiger partial charge in [-0.05, 0) is 13.8 Å². The normalized spacial score (nSPS) is 12.6. The molecular weight excluding hydrogens is 204 g/mol. The lowest BCUT2D eigenvalue weighted by atomic mass is 10.2. The lowest BCUT2D eigenvalue weighted by Gasteiger charge is -2.06. The van der Waals surface area contributed by atoms with Crippen LogP contribution in [0.3, 0.4) is 0 Å². The van der Waals surface area contributed by atoms with Crippen molar-refractivity contribution < 1.29 is 9.53 Å². The van der Waals surface area contributed by atoms with E-state index < -0.39 is 11.3 Å². The van der Waals surface area contributed by atoms with E-state index in [0.29, 0.717) is 12.2 Å². The first-order valence-corrected chi connectivity index (χ1v) is 4.80. The summed E-state index contributed by atoms with van der Waals surface area (Å²) in [6.07, 6.45) is 1.73. The Morgan fingerprint density at radius 3 is 2.86 bits per heavy atom. The van der Waals surface area contributed by atoms with E-state index in [1.54, 1.807) is 24.9 Å². The van der Waals surface area contributed by atoms with Gasteiger partial charge in [-0.15, -0.1) is 11.6 Å². The lowest BCUT2D eigenvalue weighted by molar-refractivity contribution is -0.142. The fraction of sp³-hybridized carbons (Fsp3) is 0.556. The van der Waals surface area contributed by atoms with Crippen molar-refractivity contribution in [3.05, 3.63) is 17.5 Å². The average Bonchev–Trinajstić information content (AvgIpc) is 2.44. The third-order valence-electron chi connectivity index (χ3n) is 1.82. The van der Waals surface area contributed by atoms with E-state index in [0.717, 1.165) is 5.69 Å². The van der Waals surface area contributed by atoms with E-state index in [2.05, 4.69) is 5.10 Å². The minimum absolute atomic E-state index is 0.335. The first-order valence-electron chi connectivity index (χ1n) is 4.37. The van der Waals surface area contributed by atoms with E-state index in [9.17, 15) is 4.79 Å². The maximum Gasteiger partial charge on any atom is 0.328 e. The van der Waals surface area contributed by atoms with Crippen LogP contribution >= 0.6 is 11.6 Å². The third kappa shape index (κ3) is 2.26. The molecule has 1 rings (SSSR count). The Kier molecular flexibility index (Phi) is 3.52. The van der Waals surface area contributed by atoms with E-state index in [-0.39, 0.29) is 0 Å². The zero-order valence-electron chi connectivity index (χ0n) is 8.45. The highest BCUT2D eigenvalue weighted by molar-refractivity contribution is 6.30. The zero-order chi connectivity index (χ0) is 10.7. The van der Waals surface area contributed by atoms with Gasteiger partial charge in [0.15, 0.2) is 5.38 Å². The topological polar surface area (TPSA) is 44.1 Å². The number of halogens is 1. The standard InChI is InChI=1S/C9H13ClN2O2/c1-4-14-9(13)8(10)7-5-12(3)11-6(7)2/h5,8H,4H2,1-3H3. The van der Waals surface area contributed by atoms with Gasteiger partial charge < -0.3 is 4.74 Å². The van der Waals surface area contributed by atoms with Crippen molar-refractivity contribution >= 4 is 17.6 Å². The van der Waals surface area contributed by atoms with Crippen molar-refractivity contribution in [2.45, 2.75) is 19.2 Å². The number of rotatable bonds is 3. The van der Waals surface area contributed by atoms with Crippen LogP contribution in [0.4, 0.5) is 0 Å². The molecule has 0 aliphatic carbocycles. The van der Waals surface area contributed by atoms with E-state index >= 15 is 0 Å². The molecule has 4 nitrogen and oxygen atoms in total. The van der Waals surface area contributed by atoms with Gasteiger partial charge in [-0.1, -0.05) is 0 Å². The summed E-state index contributed by atoms with van der Waals surface area (Å²) in [7, 11) is 1.78. The van der Waals surface area contributed by atoms with Crippen molar-refractivity contribution in [2.24, 2.45) is 7.05 Å². The van der Waals surface area contributed by atoms with Gasteiger partial charge in [0.1, 0.15) is 0 Å². The number of hydrogen-bond acceptors (Lipinski definition) is 3. The summed E-state index contributed by atoms with van der Waals surface area (Å²) >= 11 is 5.93. The second-order valence-electron chi connectivity index (χ2n) is 2.96. The molecule has 0 aliphatic heterocycles. The first-order chi connectivity index (χ1) is 6.56. The van der Waals surface area contributed by atoms with Crippen molar-refractivity contribution in [1.82, 2.24) is 9.78 Å². The Bertz CT molecular complexity index is 336. The number of aromatic nitrogens is 2. The Morgan fingerprint density at radius 1 is 1.79 bits per heavy atom. The number of aryl methyl sites for hydroxylation is 2. The number of esters is 1. The van der Waals surface area contributed by atoms with Crippen molar-refractivity contribution in [1.29, 1.82) is 0 Å². The zero-order valence-corrected chi connectivity index (χ0v) is 9.21. The molecule has 1 aromatic rings. The Hall–Kier alpha value is -1.03. The molecule has 0 bridgehead atoms. The molecule has 1 aromatic heterocycles. The summed E-state index contributed by atoms with van der Waals surface area (Å²) in [5.74, 6) is -0.426. The van der Waals surface area contributed by atoms with Gasteiger partial charge in [0.25, 0.3) is 0 Å². The minimum Gasteiger partial charge on any atom is -0.465 e. The molecule has 0 fully saturated rings. The minimum atomic E-state index is -0.761. The fourth-order valence-electron chi connectivity index (χ4n) is 1.21. The van der Waals surface area contributed by atoms with Crippen LogP contribution in [0.2, 0.25) is 0 Å². The summed E-state index contributed by atoms with van der Waals surface area (Å²) < 4.78 is 6.44. The quantitative estimate of drug-likeness (QED) is 0.569. The number of ether oxygens (including phenoxy) is 1. The Morgan fingerprint density at radius 2 is 2.43 bits per heavy atom. The van der Waals surface area contributed by atoms with Gasteiger partial charge in [0.05, 0.1) is 12.3 Å². The van der Waals surface area contributed by atoms with Crippen molar-refractivity contribution in [3.8, 4) is 0 Å². The highest BCUT2D eigenvalue weighted by Crippen LogP contribution is 2.24. The van der Waals surface area contributed by atoms with Crippen LogP contribution < -0.4 is 0 Å². The van der Waals surface area contributed by atoms with Crippen LogP contribution in [0.15, 0.2) is 6.20 Å². The molecular formula is C9H13ClN2O2. The predicted octanol–water partition coefficient (Wildman–Crippen LogP) is 1.57. The fourth-order valence-corrected chi connectivity index (χ4v) is 1.49. The van der Waals surface area contributed by atoms with Gasteiger partial charge in [0, 0.05) is 18.8 Å². The van der Waals surface area contributed by atoms with Crippen LogP contribution in [-0.2, 0) is 16.6 Å². The highest BCUT2D eigenvalue weighted by Gasteiger charge is 2.22. The van der Waals surface area contributed by atoms with Crippen LogP contribution in [0.25, 0.3) is 0 Å². The Labute approximate surface area is 87.8 Å². The van der Waals surface area contributed by atoms with Gasteiger partial charge in [-0.3, -0.25) is 9.48 Å². The Balaban J connectivity index is 2.83. The summed E-state index contributed by atoms with van der Waals surface area (Å²) in [6, 6.07) is 0. The molecule has 14 heavy (non-hydrogen) atoms. The van der Waals surface area contributed by atoms with Crippen LogP contribution in [0, 0.1) is 6.92 Å². The van der Waals surface area contributed by atoms with Crippen LogP contribution in [0.5, 0.6) is 0 Å². The molecule has 78 valence electrons. The van der Waals surface area contributed by atoms with Crippen LogP contribution in [-0.4, -0.2) is 22.4 Å². The second kappa shape index (κ2) is 4.46. The number of carbonyl (C=O) groups is 1. The molecule has 5 heteroatoms. The smallest absolute Gasteiger partial charge is 0.328 e. The van der Waals surface area contributed by atoms with Gasteiger partial charge >= 0.3 is 5.97 Å². The maximum atomic E-state index is 11.3. The molecule has 1 unspecified atom stereocenters. The largest absolute Gasteiger partial charge is 0.465 e. The molecule has 0 radical (unpaired) electrons. The SMILES string of the molecule is CCOC(=O)C(Cl)c1cn(C)nc1C. The van der Waals surface area contributed by atoms with Gasteiger partial charge in [-0.25, -0.2) is 0 Å². The lowest BCUT2D eigenvalue weighted by Crippen LogP contribution is -2.11. The van der Waals surface area contributed by atoms with Crippen LogP contribution in [0.1, 0.15) is 23.6 Å². The third-order valence-corrected chi connectivity index (χ3v) is 2.23. The molecule has 0 N–H and O–H groups in total. The highest BCUT2D eigenvalue weighted by atomic mass is 35.5. The van der Waals surface area contributed by atoms with E-state index in [1.807, 2.05) is 6.92 Å². The molecule has 0 spiro atoms. The van der Waals surface area contributed by atoms with Gasteiger partial charge in [-0.2, -0.15) is 5.10 Å². The van der Waals surface area contributed by atoms with Crippen molar-refractivity contribution in [3.63, 3.8) is 0 Å². The van der Waals surface area contributed by atoms with E-state index in [4.69, 9.17) is 16.3 Å². The summed E-state index contributed by atoms with van der Waals surface area (Å²) in [4.78, 5) is 11.3. The monoisotopic (exact) mass is 216 g/mol. The summed E-state index contributed by atoms with van der Waals surface area (Å²) in [6.45, 7) is 3.89. The number of hydrogen-bond donors (Lipinski definition) is 0. The average molecular weight is 217 g/mol. The van der Waals surface area contributed by atoms with Crippen molar-refractivity contribution in [2.75, 3.05) is 6.61 Å². The molecule has 1 atom stereocenters. The number of nitrogens with zero attached hydrogens (tertiary/aromatic N) is 2. The molecule has 0 aliphatic rings. The molecule has 0 aromatic carbocycles. The second-order valence-corrected chi connectivity index (χ2v) is 3.39. The molecule has 0 saturated heterocycles. The number of alkyl halides is 1. The number of carbonyl (C=O) groups excluding carboxylic acids is 1. The van der Waals surface area contributed by atoms with Gasteiger partial charge in [0.2, 0.25) is 0 Å². The molecule has 1 heterocycles. The maximum absolute atomic E-state index is 11.3. The summed E-state index contributed by atoms with van der Waals surface area (Å²) in [5.41, 5.74) is 1.45. The summed E-state index contributed by atoms with van der Waals surface area (Å²) in [5, 5.41) is 3.34. The first kappa shape index (κ1) is 11.0. The van der Waals surface area contributed by atoms with E-state index in [1.165, 1.54) is 0 Å².